The predicted molar refractivity (Wildman–Crippen MR) is 45.2 cm³/mol. The van der Waals surface area contributed by atoms with Crippen LogP contribution in [0.3, 0.4) is 0 Å². The van der Waals surface area contributed by atoms with Crippen molar-refractivity contribution < 1.29 is 0 Å². The van der Waals surface area contributed by atoms with Gasteiger partial charge in [-0.1, -0.05) is 12.1 Å². The molecule has 1 aromatic rings. The molecule has 0 aliphatic carbocycles. The maximum absolute atomic E-state index is 6.93. The third-order valence-electron chi connectivity index (χ3n) is 1.16. The maximum atomic E-state index is 6.93. The second-order valence-electron chi connectivity index (χ2n) is 2.04. The summed E-state index contributed by atoms with van der Waals surface area (Å²) in [6.45, 7) is 0. The number of rotatable bonds is 1. The topological polar surface area (TPSA) is 87.9 Å². The molecule has 0 saturated carbocycles. The summed E-state index contributed by atoms with van der Waals surface area (Å²) >= 11 is 0. The molecule has 11 heavy (non-hydrogen) atoms. The SMILES string of the molecule is N=C(N)Nc1ccc[c]c1N. The molecule has 1 rings (SSSR count). The minimum atomic E-state index is -0.128. The number of hydrogen-bond donors (Lipinski definition) is 4. The number of nitrogens with two attached hydrogens (primary N) is 2. The molecule has 6 N–H and O–H groups in total. The Morgan fingerprint density at radius 1 is 1.64 bits per heavy atom. The molecule has 1 aromatic carbocycles. The lowest BCUT2D eigenvalue weighted by Crippen LogP contribution is -2.21. The number of benzene rings is 1. The first-order valence-corrected chi connectivity index (χ1v) is 3.07. The first kappa shape index (κ1) is 7.40. The first-order chi connectivity index (χ1) is 5.20. The number of nitrogens with one attached hydrogen (secondary N) is 2. The molecule has 4 heteroatoms. The van der Waals surface area contributed by atoms with Crippen molar-refractivity contribution in [3.8, 4) is 0 Å². The zero-order chi connectivity index (χ0) is 8.27. The van der Waals surface area contributed by atoms with Crippen molar-refractivity contribution in [3.05, 3.63) is 24.3 Å². The normalized spacial score (nSPS) is 9.09. The highest BCUT2D eigenvalue weighted by molar-refractivity contribution is 5.92. The van der Waals surface area contributed by atoms with E-state index in [1.54, 1.807) is 18.2 Å². The molecule has 0 aliphatic heterocycles. The van der Waals surface area contributed by atoms with Crippen LogP contribution in [0.2, 0.25) is 0 Å². The zero-order valence-electron chi connectivity index (χ0n) is 5.89. The van der Waals surface area contributed by atoms with Crippen LogP contribution >= 0.6 is 0 Å². The minimum Gasteiger partial charge on any atom is -0.397 e. The van der Waals surface area contributed by atoms with Gasteiger partial charge in [-0.2, -0.15) is 0 Å². The minimum absolute atomic E-state index is 0.128. The molecule has 0 fully saturated rings. The van der Waals surface area contributed by atoms with Crippen molar-refractivity contribution in [2.45, 2.75) is 0 Å². The van der Waals surface area contributed by atoms with Crippen molar-refractivity contribution in [3.63, 3.8) is 0 Å². The van der Waals surface area contributed by atoms with Crippen LogP contribution in [0.15, 0.2) is 18.2 Å². The van der Waals surface area contributed by atoms with E-state index >= 15 is 0 Å². The largest absolute Gasteiger partial charge is 0.397 e. The van der Waals surface area contributed by atoms with Crippen molar-refractivity contribution in [1.82, 2.24) is 0 Å². The summed E-state index contributed by atoms with van der Waals surface area (Å²) in [4.78, 5) is 0. The number of para-hydroxylation sites is 1. The Morgan fingerprint density at radius 2 is 2.36 bits per heavy atom. The molecule has 57 valence electrons. The van der Waals surface area contributed by atoms with Crippen LogP contribution in [-0.4, -0.2) is 5.96 Å². The molecule has 0 bridgehead atoms. The third-order valence-corrected chi connectivity index (χ3v) is 1.16. The molecule has 0 spiro atoms. The standard InChI is InChI=1S/C7H9N4/c8-5-3-1-2-4-6(5)11-7(9)10/h1-2,4H,8H2,(H4,9,10,11). The number of nitrogen functional groups attached to an aromatic ring is 1. The quantitative estimate of drug-likeness (QED) is 0.264. The van der Waals surface area contributed by atoms with Gasteiger partial charge in [0.25, 0.3) is 0 Å². The highest BCUT2D eigenvalue weighted by Gasteiger charge is 1.95. The van der Waals surface area contributed by atoms with Gasteiger partial charge in [-0.05, 0) is 6.07 Å². The average Bonchev–Trinajstić information content (AvgIpc) is 1.93. The molecule has 0 aromatic heterocycles. The number of hydrogen-bond acceptors (Lipinski definition) is 2. The lowest BCUT2D eigenvalue weighted by atomic mass is 10.3. The second kappa shape index (κ2) is 2.92. The highest BCUT2D eigenvalue weighted by atomic mass is 15.1. The summed E-state index contributed by atoms with van der Waals surface area (Å²) < 4.78 is 0. The molecule has 0 atom stereocenters. The van der Waals surface area contributed by atoms with Crippen LogP contribution in [0.5, 0.6) is 0 Å². The van der Waals surface area contributed by atoms with E-state index in [0.717, 1.165) is 0 Å². The van der Waals surface area contributed by atoms with Crippen molar-refractivity contribution in [1.29, 1.82) is 5.41 Å². The molecule has 0 aliphatic rings. The lowest BCUT2D eigenvalue weighted by molar-refractivity contribution is 1.41. The number of guanidine groups is 1. The Balaban J connectivity index is 2.86. The Hall–Kier alpha value is -1.71. The van der Waals surface area contributed by atoms with Gasteiger partial charge >= 0.3 is 0 Å². The van der Waals surface area contributed by atoms with Crippen LogP contribution in [0.1, 0.15) is 0 Å². The van der Waals surface area contributed by atoms with Crippen LogP contribution in [0.4, 0.5) is 11.4 Å². The second-order valence-corrected chi connectivity index (χ2v) is 2.04. The Bertz CT molecular complexity index is 269. The van der Waals surface area contributed by atoms with E-state index in [1.165, 1.54) is 0 Å². The van der Waals surface area contributed by atoms with Gasteiger partial charge in [-0.25, -0.2) is 0 Å². The van der Waals surface area contributed by atoms with Crippen molar-refractivity contribution in [2.75, 3.05) is 11.1 Å². The summed E-state index contributed by atoms with van der Waals surface area (Å²) in [5.41, 5.74) is 11.7. The van der Waals surface area contributed by atoms with Crippen LogP contribution in [0, 0.1) is 11.5 Å². The van der Waals surface area contributed by atoms with E-state index in [2.05, 4.69) is 11.4 Å². The summed E-state index contributed by atoms with van der Waals surface area (Å²) in [6, 6.07) is 7.96. The summed E-state index contributed by atoms with van der Waals surface area (Å²) in [5.74, 6) is -0.128. The van der Waals surface area contributed by atoms with Gasteiger partial charge in [0.1, 0.15) is 0 Å². The highest BCUT2D eigenvalue weighted by Crippen LogP contribution is 2.14. The average molecular weight is 149 g/mol. The van der Waals surface area contributed by atoms with Crippen LogP contribution < -0.4 is 16.8 Å². The summed E-state index contributed by atoms with van der Waals surface area (Å²) in [6.07, 6.45) is 0. The molecule has 0 saturated heterocycles. The number of anilines is 2. The molecule has 0 amide bonds. The van der Waals surface area contributed by atoms with E-state index in [-0.39, 0.29) is 5.96 Å². The van der Waals surface area contributed by atoms with Gasteiger partial charge in [-0.15, -0.1) is 0 Å². The fourth-order valence-electron chi connectivity index (χ4n) is 0.704. The van der Waals surface area contributed by atoms with E-state index in [1.807, 2.05) is 0 Å². The van der Waals surface area contributed by atoms with Gasteiger partial charge in [0.2, 0.25) is 0 Å². The van der Waals surface area contributed by atoms with Gasteiger partial charge in [-0.3, -0.25) is 5.41 Å². The molecule has 0 unspecified atom stereocenters. The first-order valence-electron chi connectivity index (χ1n) is 3.07. The molecule has 1 radical (unpaired) electrons. The van der Waals surface area contributed by atoms with Crippen molar-refractivity contribution >= 4 is 17.3 Å². The molecular formula is C7H9N4. The fraction of sp³-hybridized carbons (Fsp3) is 0. The van der Waals surface area contributed by atoms with Gasteiger partial charge in [0.05, 0.1) is 11.4 Å². The molecule has 4 nitrogen and oxygen atoms in total. The smallest absolute Gasteiger partial charge is 0.190 e. The predicted octanol–water partition coefficient (Wildman–Crippen LogP) is 0.374. The summed E-state index contributed by atoms with van der Waals surface area (Å²) in [7, 11) is 0. The molecule has 0 heterocycles. The van der Waals surface area contributed by atoms with E-state index in [0.29, 0.717) is 11.4 Å². The van der Waals surface area contributed by atoms with Gasteiger partial charge < -0.3 is 16.8 Å². The van der Waals surface area contributed by atoms with Crippen LogP contribution in [-0.2, 0) is 0 Å². The maximum Gasteiger partial charge on any atom is 0.190 e. The lowest BCUT2D eigenvalue weighted by Gasteiger charge is -2.04. The van der Waals surface area contributed by atoms with Crippen molar-refractivity contribution in [2.24, 2.45) is 5.73 Å². The van der Waals surface area contributed by atoms with Gasteiger partial charge in [0, 0.05) is 6.07 Å². The monoisotopic (exact) mass is 149 g/mol. The molecular weight excluding hydrogens is 140 g/mol. The van der Waals surface area contributed by atoms with Gasteiger partial charge in [0.15, 0.2) is 5.96 Å². The van der Waals surface area contributed by atoms with E-state index < -0.39 is 0 Å². The Kier molecular flexibility index (Phi) is 1.96. The Labute approximate surface area is 64.7 Å². The van der Waals surface area contributed by atoms with E-state index in [4.69, 9.17) is 16.9 Å². The zero-order valence-corrected chi connectivity index (χ0v) is 5.89. The fourth-order valence-corrected chi connectivity index (χ4v) is 0.704. The third kappa shape index (κ3) is 1.86. The summed E-state index contributed by atoms with van der Waals surface area (Å²) in [5, 5.41) is 9.50. The Morgan fingerprint density at radius 3 is 2.91 bits per heavy atom. The van der Waals surface area contributed by atoms with E-state index in [9.17, 15) is 0 Å². The van der Waals surface area contributed by atoms with Crippen LogP contribution in [0.25, 0.3) is 0 Å².